The van der Waals surface area contributed by atoms with Crippen molar-refractivity contribution in [2.75, 3.05) is 25.0 Å². The molecule has 1 aromatic carbocycles. The molecule has 0 aliphatic rings. The fourth-order valence-electron chi connectivity index (χ4n) is 1.56. The number of carbonyl (C=O) groups is 2. The van der Waals surface area contributed by atoms with Crippen LogP contribution in [0.2, 0.25) is 0 Å². The van der Waals surface area contributed by atoms with Crippen molar-refractivity contribution in [2.45, 2.75) is 19.8 Å². The van der Waals surface area contributed by atoms with Crippen LogP contribution in [-0.2, 0) is 14.3 Å². The monoisotopic (exact) mass is 390 g/mol. The Hall–Kier alpha value is -1.15. The van der Waals surface area contributed by atoms with Gasteiger partial charge in [0.1, 0.15) is 0 Å². The number of amides is 1. The molecule has 1 rings (SSSR count). The largest absolute Gasteiger partial charge is 0.466 e. The first-order valence-electron chi connectivity index (χ1n) is 6.53. The van der Waals surface area contributed by atoms with Crippen LogP contribution in [0.3, 0.4) is 0 Å². The summed E-state index contributed by atoms with van der Waals surface area (Å²) in [5, 5.41) is 5.80. The van der Waals surface area contributed by atoms with E-state index in [4.69, 9.17) is 4.74 Å². The Morgan fingerprint density at radius 2 is 2.15 bits per heavy atom. The molecule has 0 aliphatic carbocycles. The van der Waals surface area contributed by atoms with Crippen molar-refractivity contribution in [3.05, 3.63) is 27.8 Å². The molecule has 0 fully saturated rings. The summed E-state index contributed by atoms with van der Waals surface area (Å²) in [6.07, 6.45) is 1.04. The van der Waals surface area contributed by atoms with Crippen molar-refractivity contribution in [2.24, 2.45) is 0 Å². The Morgan fingerprint density at radius 1 is 1.35 bits per heavy atom. The summed E-state index contributed by atoms with van der Waals surface area (Å²) in [4.78, 5) is 22.7. The third kappa shape index (κ3) is 7.44. The van der Waals surface area contributed by atoms with Crippen molar-refractivity contribution in [1.82, 2.24) is 5.32 Å². The topological polar surface area (TPSA) is 67.4 Å². The van der Waals surface area contributed by atoms with Crippen molar-refractivity contribution >= 4 is 40.2 Å². The Kier molecular flexibility index (Phi) is 8.20. The number of hydrogen-bond donors (Lipinski definition) is 2. The maximum Gasteiger partial charge on any atom is 0.305 e. The van der Waals surface area contributed by atoms with Crippen LogP contribution in [0.25, 0.3) is 0 Å². The van der Waals surface area contributed by atoms with E-state index < -0.39 is 0 Å². The zero-order chi connectivity index (χ0) is 14.8. The van der Waals surface area contributed by atoms with Crippen LogP contribution in [0.5, 0.6) is 0 Å². The van der Waals surface area contributed by atoms with E-state index in [0.717, 1.165) is 9.26 Å². The van der Waals surface area contributed by atoms with E-state index in [1.54, 1.807) is 6.92 Å². The number of halogens is 1. The number of hydrogen-bond acceptors (Lipinski definition) is 4. The molecule has 0 unspecified atom stereocenters. The van der Waals surface area contributed by atoms with E-state index in [0.29, 0.717) is 26.0 Å². The molecule has 2 N–H and O–H groups in total. The summed E-state index contributed by atoms with van der Waals surface area (Å²) in [6.45, 7) is 3.03. The van der Waals surface area contributed by atoms with Crippen LogP contribution in [0.15, 0.2) is 24.3 Å². The van der Waals surface area contributed by atoms with Crippen molar-refractivity contribution in [3.63, 3.8) is 0 Å². The molecule has 20 heavy (non-hydrogen) atoms. The number of esters is 1. The van der Waals surface area contributed by atoms with Crippen LogP contribution < -0.4 is 10.6 Å². The number of carbonyl (C=O) groups excluding carboxylic acids is 2. The lowest BCUT2D eigenvalue weighted by atomic mass is 10.3. The SMILES string of the molecule is CCOC(=O)CCCNCC(=O)Nc1cccc(I)c1. The fraction of sp³-hybridized carbons (Fsp3) is 0.429. The summed E-state index contributed by atoms with van der Waals surface area (Å²) in [5.41, 5.74) is 0.787. The molecule has 0 aromatic heterocycles. The molecule has 0 saturated carbocycles. The molecule has 0 bridgehead atoms. The first kappa shape index (κ1) is 16.9. The normalized spacial score (nSPS) is 10.1. The predicted molar refractivity (Wildman–Crippen MR) is 86.5 cm³/mol. The summed E-state index contributed by atoms with van der Waals surface area (Å²) < 4.78 is 5.89. The zero-order valence-electron chi connectivity index (χ0n) is 11.4. The molecule has 0 atom stereocenters. The Labute approximate surface area is 132 Å². The van der Waals surface area contributed by atoms with E-state index in [2.05, 4.69) is 33.2 Å². The van der Waals surface area contributed by atoms with Gasteiger partial charge in [-0.3, -0.25) is 9.59 Å². The van der Waals surface area contributed by atoms with E-state index in [1.807, 2.05) is 24.3 Å². The average molecular weight is 390 g/mol. The second-order valence-electron chi connectivity index (χ2n) is 4.14. The van der Waals surface area contributed by atoms with Crippen molar-refractivity contribution < 1.29 is 14.3 Å². The highest BCUT2D eigenvalue weighted by atomic mass is 127. The average Bonchev–Trinajstić information content (AvgIpc) is 2.38. The molecule has 110 valence electrons. The highest BCUT2D eigenvalue weighted by molar-refractivity contribution is 14.1. The molecule has 0 spiro atoms. The molecular weight excluding hydrogens is 371 g/mol. The fourth-order valence-corrected chi connectivity index (χ4v) is 2.11. The molecule has 5 nitrogen and oxygen atoms in total. The second-order valence-corrected chi connectivity index (χ2v) is 5.39. The zero-order valence-corrected chi connectivity index (χ0v) is 13.6. The van der Waals surface area contributed by atoms with Crippen LogP contribution in [0, 0.1) is 3.57 Å². The van der Waals surface area contributed by atoms with Gasteiger partial charge in [0.15, 0.2) is 0 Å². The van der Waals surface area contributed by atoms with Gasteiger partial charge >= 0.3 is 5.97 Å². The molecule has 1 amide bonds. The standard InChI is InChI=1S/C14H19IN2O3/c1-2-20-14(19)7-4-8-16-10-13(18)17-12-6-3-5-11(15)9-12/h3,5-6,9,16H,2,4,7-8,10H2,1H3,(H,17,18). The van der Waals surface area contributed by atoms with Gasteiger partial charge in [-0.05, 0) is 60.7 Å². The van der Waals surface area contributed by atoms with Gasteiger partial charge in [-0.1, -0.05) is 6.07 Å². The first-order chi connectivity index (χ1) is 9.61. The van der Waals surface area contributed by atoms with Gasteiger partial charge in [0.25, 0.3) is 0 Å². The maximum atomic E-state index is 11.7. The number of nitrogens with one attached hydrogen (secondary N) is 2. The summed E-state index contributed by atoms with van der Waals surface area (Å²) in [5.74, 6) is -0.291. The van der Waals surface area contributed by atoms with E-state index >= 15 is 0 Å². The lowest BCUT2D eigenvalue weighted by Gasteiger charge is -2.07. The van der Waals surface area contributed by atoms with Crippen LogP contribution in [0.1, 0.15) is 19.8 Å². The second kappa shape index (κ2) is 9.71. The lowest BCUT2D eigenvalue weighted by Crippen LogP contribution is -2.29. The third-order valence-electron chi connectivity index (χ3n) is 2.43. The number of rotatable bonds is 8. The molecule has 0 heterocycles. The lowest BCUT2D eigenvalue weighted by molar-refractivity contribution is -0.143. The first-order valence-corrected chi connectivity index (χ1v) is 7.61. The summed E-state index contributed by atoms with van der Waals surface area (Å²) in [6, 6.07) is 7.61. The quantitative estimate of drug-likeness (QED) is 0.406. The van der Waals surface area contributed by atoms with Gasteiger partial charge in [-0.15, -0.1) is 0 Å². The highest BCUT2D eigenvalue weighted by Crippen LogP contribution is 2.11. The molecule has 6 heteroatoms. The Morgan fingerprint density at radius 3 is 2.85 bits per heavy atom. The van der Waals surface area contributed by atoms with Gasteiger partial charge in [0.2, 0.25) is 5.91 Å². The minimum absolute atomic E-state index is 0.0943. The van der Waals surface area contributed by atoms with Gasteiger partial charge in [-0.25, -0.2) is 0 Å². The minimum atomic E-state index is -0.197. The third-order valence-corrected chi connectivity index (χ3v) is 3.10. The predicted octanol–water partition coefficient (Wildman–Crippen LogP) is 2.16. The van der Waals surface area contributed by atoms with Gasteiger partial charge in [0.05, 0.1) is 13.2 Å². The van der Waals surface area contributed by atoms with Gasteiger partial charge in [-0.2, -0.15) is 0 Å². The van der Waals surface area contributed by atoms with Crippen LogP contribution >= 0.6 is 22.6 Å². The van der Waals surface area contributed by atoms with E-state index in [-0.39, 0.29) is 18.4 Å². The van der Waals surface area contributed by atoms with E-state index in [9.17, 15) is 9.59 Å². The number of benzene rings is 1. The van der Waals surface area contributed by atoms with Gasteiger partial charge < -0.3 is 15.4 Å². The number of anilines is 1. The van der Waals surface area contributed by atoms with Crippen LogP contribution in [-0.4, -0.2) is 31.6 Å². The number of ether oxygens (including phenoxy) is 1. The molecule has 0 radical (unpaired) electrons. The molecule has 0 aliphatic heterocycles. The van der Waals surface area contributed by atoms with Crippen molar-refractivity contribution in [3.8, 4) is 0 Å². The maximum absolute atomic E-state index is 11.7. The van der Waals surface area contributed by atoms with Crippen molar-refractivity contribution in [1.29, 1.82) is 0 Å². The summed E-state index contributed by atoms with van der Waals surface area (Å²) in [7, 11) is 0. The Bertz CT molecular complexity index is 452. The Balaban J connectivity index is 2.13. The van der Waals surface area contributed by atoms with E-state index in [1.165, 1.54) is 0 Å². The smallest absolute Gasteiger partial charge is 0.305 e. The van der Waals surface area contributed by atoms with Gasteiger partial charge in [0, 0.05) is 15.7 Å². The summed E-state index contributed by atoms with van der Waals surface area (Å²) >= 11 is 2.19. The highest BCUT2D eigenvalue weighted by Gasteiger charge is 2.03. The molecule has 0 saturated heterocycles. The van der Waals surface area contributed by atoms with Crippen LogP contribution in [0.4, 0.5) is 5.69 Å². The minimum Gasteiger partial charge on any atom is -0.466 e. The molecule has 1 aromatic rings. The molecular formula is C14H19IN2O3.